The molecule has 2 N–H and O–H groups in total. The number of nitrogens with zero attached hydrogens (tertiary/aromatic N) is 3. The van der Waals surface area contributed by atoms with Crippen molar-refractivity contribution < 1.29 is 4.79 Å². The normalized spacial score (nSPS) is 25.1. The van der Waals surface area contributed by atoms with Gasteiger partial charge in [0, 0.05) is 25.2 Å². The van der Waals surface area contributed by atoms with Crippen molar-refractivity contribution in [1.82, 2.24) is 25.4 Å². The lowest BCUT2D eigenvalue weighted by atomic mass is 10.2. The van der Waals surface area contributed by atoms with Gasteiger partial charge in [0.15, 0.2) is 0 Å². The Labute approximate surface area is 99.8 Å². The summed E-state index contributed by atoms with van der Waals surface area (Å²) in [7, 11) is 0. The van der Waals surface area contributed by atoms with Crippen molar-refractivity contribution in [2.45, 2.75) is 38.3 Å². The number of aromatic amines is 1. The molecule has 1 atom stereocenters. The van der Waals surface area contributed by atoms with Gasteiger partial charge in [0.25, 0.3) is 5.91 Å². The predicted molar refractivity (Wildman–Crippen MR) is 61.6 cm³/mol. The van der Waals surface area contributed by atoms with Crippen LogP contribution in [-0.4, -0.2) is 51.2 Å². The number of aryl methyl sites for hydroxylation is 1. The Kier molecular flexibility index (Phi) is 2.58. The van der Waals surface area contributed by atoms with Gasteiger partial charge < -0.3 is 5.32 Å². The Balaban J connectivity index is 1.55. The zero-order chi connectivity index (χ0) is 11.8. The molecule has 1 amide bonds. The summed E-state index contributed by atoms with van der Waals surface area (Å²) in [5.41, 5.74) is 0. The van der Waals surface area contributed by atoms with Crippen LogP contribution in [0.4, 0.5) is 0 Å². The summed E-state index contributed by atoms with van der Waals surface area (Å²) >= 11 is 0. The van der Waals surface area contributed by atoms with Crippen LogP contribution in [0.2, 0.25) is 0 Å². The number of rotatable bonds is 3. The molecule has 2 aliphatic rings. The average Bonchev–Trinajstić information content (AvgIpc) is 2.90. The Hall–Kier alpha value is -1.43. The summed E-state index contributed by atoms with van der Waals surface area (Å²) in [5, 5.41) is 9.54. The third kappa shape index (κ3) is 2.31. The first-order valence-electron chi connectivity index (χ1n) is 6.16. The molecule has 1 unspecified atom stereocenters. The zero-order valence-electron chi connectivity index (χ0n) is 9.94. The highest BCUT2D eigenvalue weighted by Crippen LogP contribution is 2.29. The van der Waals surface area contributed by atoms with Crippen molar-refractivity contribution in [3.05, 3.63) is 11.6 Å². The van der Waals surface area contributed by atoms with Gasteiger partial charge in [-0.1, -0.05) is 0 Å². The van der Waals surface area contributed by atoms with E-state index in [2.05, 4.69) is 25.4 Å². The smallest absolute Gasteiger partial charge is 0.291 e. The molecule has 17 heavy (non-hydrogen) atoms. The topological polar surface area (TPSA) is 73.9 Å². The number of hydrogen-bond donors (Lipinski definition) is 2. The van der Waals surface area contributed by atoms with E-state index in [9.17, 15) is 4.79 Å². The van der Waals surface area contributed by atoms with Crippen LogP contribution in [0.1, 0.15) is 35.7 Å². The molecule has 92 valence electrons. The molecule has 0 aromatic carbocycles. The minimum Gasteiger partial charge on any atom is -0.345 e. The van der Waals surface area contributed by atoms with Gasteiger partial charge >= 0.3 is 0 Å². The van der Waals surface area contributed by atoms with Crippen LogP contribution in [0.15, 0.2) is 0 Å². The highest BCUT2D eigenvalue weighted by Gasteiger charge is 2.35. The van der Waals surface area contributed by atoms with E-state index >= 15 is 0 Å². The highest BCUT2D eigenvalue weighted by atomic mass is 16.2. The molecule has 0 spiro atoms. The molecule has 0 bridgehead atoms. The molecular formula is C11H17N5O. The van der Waals surface area contributed by atoms with E-state index in [0.29, 0.717) is 5.82 Å². The van der Waals surface area contributed by atoms with Gasteiger partial charge in [-0.15, -0.1) is 5.10 Å². The number of nitrogens with one attached hydrogen (secondary N) is 2. The number of carbonyl (C=O) groups excluding carboxylic acids is 1. The molecule has 6 nitrogen and oxygen atoms in total. The molecule has 1 saturated heterocycles. The molecule has 1 saturated carbocycles. The monoisotopic (exact) mass is 235 g/mol. The number of amides is 1. The van der Waals surface area contributed by atoms with E-state index in [-0.39, 0.29) is 17.8 Å². The molecule has 2 fully saturated rings. The molecule has 3 rings (SSSR count). The average molecular weight is 235 g/mol. The third-order valence-corrected chi connectivity index (χ3v) is 3.42. The van der Waals surface area contributed by atoms with E-state index in [1.807, 2.05) is 0 Å². The number of aromatic nitrogens is 3. The van der Waals surface area contributed by atoms with Crippen molar-refractivity contribution in [2.24, 2.45) is 0 Å². The first kappa shape index (κ1) is 10.7. The van der Waals surface area contributed by atoms with Crippen LogP contribution in [0, 0.1) is 6.92 Å². The number of hydrogen-bond acceptors (Lipinski definition) is 4. The number of likely N-dealkylation sites (tertiary alicyclic amines) is 1. The Morgan fingerprint density at radius 2 is 2.29 bits per heavy atom. The minimum atomic E-state index is -0.169. The van der Waals surface area contributed by atoms with Crippen molar-refractivity contribution in [2.75, 3.05) is 13.1 Å². The van der Waals surface area contributed by atoms with Crippen molar-refractivity contribution in [3.8, 4) is 0 Å². The van der Waals surface area contributed by atoms with Crippen LogP contribution in [0.3, 0.4) is 0 Å². The van der Waals surface area contributed by atoms with Crippen LogP contribution in [0.5, 0.6) is 0 Å². The first-order valence-corrected chi connectivity index (χ1v) is 6.16. The van der Waals surface area contributed by atoms with E-state index in [4.69, 9.17) is 0 Å². The summed E-state index contributed by atoms with van der Waals surface area (Å²) in [5.74, 6) is 0.741. The molecular weight excluding hydrogens is 218 g/mol. The fraction of sp³-hybridized carbons (Fsp3) is 0.727. The summed E-state index contributed by atoms with van der Waals surface area (Å²) in [4.78, 5) is 18.3. The molecule has 1 aromatic heterocycles. The lowest BCUT2D eigenvalue weighted by Crippen LogP contribution is -2.38. The van der Waals surface area contributed by atoms with Crippen LogP contribution in [0.25, 0.3) is 0 Å². The second-order valence-corrected chi connectivity index (χ2v) is 4.93. The van der Waals surface area contributed by atoms with Gasteiger partial charge in [0.2, 0.25) is 5.82 Å². The minimum absolute atomic E-state index is 0.169. The quantitative estimate of drug-likeness (QED) is 0.778. The van der Waals surface area contributed by atoms with Gasteiger partial charge in [-0.3, -0.25) is 14.8 Å². The van der Waals surface area contributed by atoms with Gasteiger partial charge in [-0.25, -0.2) is 4.98 Å². The maximum Gasteiger partial charge on any atom is 0.291 e. The molecule has 6 heteroatoms. The summed E-state index contributed by atoms with van der Waals surface area (Å²) in [6.45, 7) is 3.86. The lowest BCUT2D eigenvalue weighted by molar-refractivity contribution is 0.0927. The summed E-state index contributed by atoms with van der Waals surface area (Å²) in [6.07, 6.45) is 3.67. The summed E-state index contributed by atoms with van der Waals surface area (Å²) < 4.78 is 0. The van der Waals surface area contributed by atoms with E-state index in [1.165, 1.54) is 12.8 Å². The van der Waals surface area contributed by atoms with Crippen LogP contribution < -0.4 is 5.32 Å². The molecule has 1 aliphatic heterocycles. The van der Waals surface area contributed by atoms with Crippen LogP contribution in [-0.2, 0) is 0 Å². The second kappa shape index (κ2) is 4.10. The number of carbonyl (C=O) groups is 1. The van der Waals surface area contributed by atoms with E-state index in [1.54, 1.807) is 6.92 Å². The molecule has 0 radical (unpaired) electrons. The van der Waals surface area contributed by atoms with E-state index in [0.717, 1.165) is 25.6 Å². The van der Waals surface area contributed by atoms with Crippen molar-refractivity contribution in [1.29, 1.82) is 0 Å². The van der Waals surface area contributed by atoms with Gasteiger partial charge in [-0.2, -0.15) is 0 Å². The standard InChI is InChI=1S/C11H17N5O/c1-7-12-10(15-14-7)11(17)13-8-4-5-16(6-8)9-2-3-9/h8-9H,2-6H2,1H3,(H,13,17)(H,12,14,15). The Bertz CT molecular complexity index is 425. The Morgan fingerprint density at radius 3 is 2.94 bits per heavy atom. The molecule has 2 heterocycles. The highest BCUT2D eigenvalue weighted by molar-refractivity contribution is 5.90. The third-order valence-electron chi connectivity index (χ3n) is 3.42. The lowest BCUT2D eigenvalue weighted by Gasteiger charge is -2.14. The van der Waals surface area contributed by atoms with E-state index < -0.39 is 0 Å². The zero-order valence-corrected chi connectivity index (χ0v) is 9.94. The maximum atomic E-state index is 11.8. The van der Waals surface area contributed by atoms with Crippen molar-refractivity contribution in [3.63, 3.8) is 0 Å². The fourth-order valence-corrected chi connectivity index (χ4v) is 2.37. The predicted octanol–water partition coefficient (Wildman–Crippen LogP) is 0.0796. The van der Waals surface area contributed by atoms with Gasteiger partial charge in [-0.05, 0) is 26.2 Å². The summed E-state index contributed by atoms with van der Waals surface area (Å²) in [6, 6.07) is 1.03. The fourth-order valence-electron chi connectivity index (χ4n) is 2.37. The largest absolute Gasteiger partial charge is 0.345 e. The molecule has 1 aromatic rings. The van der Waals surface area contributed by atoms with Crippen LogP contribution >= 0.6 is 0 Å². The number of H-pyrrole nitrogens is 1. The SMILES string of the molecule is Cc1nc(C(=O)NC2CCN(C3CC3)C2)n[nH]1. The molecule has 1 aliphatic carbocycles. The second-order valence-electron chi connectivity index (χ2n) is 4.93. The van der Waals surface area contributed by atoms with Crippen molar-refractivity contribution >= 4 is 5.91 Å². The maximum absolute atomic E-state index is 11.8. The first-order chi connectivity index (χ1) is 8.22. The Morgan fingerprint density at radius 1 is 1.47 bits per heavy atom. The van der Waals surface area contributed by atoms with Gasteiger partial charge in [0.1, 0.15) is 5.82 Å². The van der Waals surface area contributed by atoms with Gasteiger partial charge in [0.05, 0.1) is 0 Å².